The van der Waals surface area contributed by atoms with E-state index in [4.69, 9.17) is 23.2 Å². The maximum Gasteiger partial charge on any atom is 0.243 e. The Morgan fingerprint density at radius 2 is 1.77 bits per heavy atom. The lowest BCUT2D eigenvalue weighted by Crippen LogP contribution is -2.47. The fourth-order valence-electron chi connectivity index (χ4n) is 3.83. The van der Waals surface area contributed by atoms with Gasteiger partial charge in [-0.3, -0.25) is 14.0 Å². The van der Waals surface area contributed by atoms with Gasteiger partial charge in [-0.1, -0.05) is 47.5 Å². The Bertz CT molecular complexity index is 1040. The van der Waals surface area contributed by atoms with Crippen molar-refractivity contribution in [2.45, 2.75) is 38.9 Å². The summed E-state index contributed by atoms with van der Waals surface area (Å²) in [5.41, 5.74) is 2.35. The molecule has 168 valence electrons. The van der Waals surface area contributed by atoms with E-state index in [1.807, 2.05) is 18.2 Å². The van der Waals surface area contributed by atoms with Crippen molar-refractivity contribution in [1.82, 2.24) is 10.2 Å². The number of amides is 1. The standard InChI is InChI=1S/C22H27Cl2N3O3S/c1-16(27(31(2,29)30)21-13-19(23)9-10-20(21)24)22(28)25-14-17-7-3-4-8-18(17)15-26-11-5-6-12-26/h3-4,7-10,13,16H,5-6,11-12,14-15H2,1-2H3,(H,25,28). The van der Waals surface area contributed by atoms with E-state index in [1.54, 1.807) is 6.07 Å². The molecule has 1 aliphatic heterocycles. The van der Waals surface area contributed by atoms with Gasteiger partial charge >= 0.3 is 0 Å². The SMILES string of the molecule is CC(C(=O)NCc1ccccc1CN1CCCC1)N(c1cc(Cl)ccc1Cl)S(C)(=O)=O. The molecule has 0 bridgehead atoms. The Hall–Kier alpha value is -1.80. The van der Waals surface area contributed by atoms with E-state index in [0.29, 0.717) is 11.6 Å². The summed E-state index contributed by atoms with van der Waals surface area (Å²) in [6.45, 7) is 4.86. The molecule has 1 amide bonds. The summed E-state index contributed by atoms with van der Waals surface area (Å²) >= 11 is 12.3. The van der Waals surface area contributed by atoms with Crippen LogP contribution in [-0.2, 0) is 27.9 Å². The largest absolute Gasteiger partial charge is 0.350 e. The quantitative estimate of drug-likeness (QED) is 0.614. The minimum absolute atomic E-state index is 0.175. The number of hydrogen-bond donors (Lipinski definition) is 1. The molecule has 31 heavy (non-hydrogen) atoms. The summed E-state index contributed by atoms with van der Waals surface area (Å²) in [5, 5.41) is 3.41. The van der Waals surface area contributed by atoms with E-state index in [-0.39, 0.29) is 10.7 Å². The number of anilines is 1. The fourth-order valence-corrected chi connectivity index (χ4v) is 5.44. The highest BCUT2D eigenvalue weighted by Gasteiger charge is 2.30. The molecule has 0 spiro atoms. The lowest BCUT2D eigenvalue weighted by molar-refractivity contribution is -0.122. The number of rotatable bonds is 8. The van der Waals surface area contributed by atoms with E-state index < -0.39 is 22.0 Å². The Morgan fingerprint density at radius 3 is 2.42 bits per heavy atom. The number of nitrogens with zero attached hydrogens (tertiary/aromatic N) is 2. The van der Waals surface area contributed by atoms with Crippen molar-refractivity contribution in [3.63, 3.8) is 0 Å². The van der Waals surface area contributed by atoms with Crippen molar-refractivity contribution in [2.24, 2.45) is 0 Å². The Balaban J connectivity index is 1.75. The van der Waals surface area contributed by atoms with Gasteiger partial charge in [-0.25, -0.2) is 8.42 Å². The molecule has 0 radical (unpaired) electrons. The second-order valence-corrected chi connectivity index (χ2v) is 10.5. The molecule has 3 rings (SSSR count). The van der Waals surface area contributed by atoms with Crippen molar-refractivity contribution in [1.29, 1.82) is 0 Å². The Labute approximate surface area is 194 Å². The zero-order valence-electron chi connectivity index (χ0n) is 17.6. The van der Waals surface area contributed by atoms with E-state index in [9.17, 15) is 13.2 Å². The number of benzene rings is 2. The van der Waals surface area contributed by atoms with Crippen molar-refractivity contribution < 1.29 is 13.2 Å². The van der Waals surface area contributed by atoms with Crippen molar-refractivity contribution in [3.8, 4) is 0 Å². The van der Waals surface area contributed by atoms with Crippen molar-refractivity contribution >= 4 is 44.8 Å². The first kappa shape index (κ1) is 23.9. The van der Waals surface area contributed by atoms with Crippen LogP contribution >= 0.6 is 23.2 Å². The molecular formula is C22H27Cl2N3O3S. The zero-order valence-corrected chi connectivity index (χ0v) is 20.0. The fraction of sp³-hybridized carbons (Fsp3) is 0.409. The number of carbonyl (C=O) groups is 1. The molecule has 1 aliphatic rings. The average molecular weight is 484 g/mol. The lowest BCUT2D eigenvalue weighted by atomic mass is 10.1. The highest BCUT2D eigenvalue weighted by atomic mass is 35.5. The first-order valence-corrected chi connectivity index (χ1v) is 12.8. The molecule has 0 aliphatic carbocycles. The summed E-state index contributed by atoms with van der Waals surface area (Å²) in [4.78, 5) is 15.3. The predicted octanol–water partition coefficient (Wildman–Crippen LogP) is 4.06. The van der Waals surface area contributed by atoms with Gasteiger partial charge in [0.1, 0.15) is 6.04 Å². The van der Waals surface area contributed by atoms with E-state index in [2.05, 4.69) is 16.3 Å². The van der Waals surface area contributed by atoms with Gasteiger partial charge in [0.15, 0.2) is 0 Å². The smallest absolute Gasteiger partial charge is 0.243 e. The van der Waals surface area contributed by atoms with Crippen LogP contribution in [0.25, 0.3) is 0 Å². The molecule has 2 aromatic carbocycles. The highest BCUT2D eigenvalue weighted by Crippen LogP contribution is 2.32. The molecule has 0 aromatic heterocycles. The first-order chi connectivity index (χ1) is 14.7. The van der Waals surface area contributed by atoms with E-state index >= 15 is 0 Å². The zero-order chi connectivity index (χ0) is 22.6. The van der Waals surface area contributed by atoms with E-state index in [1.165, 1.54) is 31.9 Å². The van der Waals surface area contributed by atoms with Gasteiger partial charge in [0, 0.05) is 18.1 Å². The number of hydrogen-bond acceptors (Lipinski definition) is 4. The van der Waals surface area contributed by atoms with Crippen LogP contribution in [0.1, 0.15) is 30.9 Å². The van der Waals surface area contributed by atoms with Crippen LogP contribution < -0.4 is 9.62 Å². The molecule has 0 saturated carbocycles. The van der Waals surface area contributed by atoms with Gasteiger partial charge < -0.3 is 5.32 Å². The number of carbonyl (C=O) groups excluding carboxylic acids is 1. The molecule has 1 heterocycles. The topological polar surface area (TPSA) is 69.7 Å². The predicted molar refractivity (Wildman–Crippen MR) is 126 cm³/mol. The Morgan fingerprint density at radius 1 is 1.13 bits per heavy atom. The first-order valence-electron chi connectivity index (χ1n) is 10.2. The van der Waals surface area contributed by atoms with Crippen LogP contribution in [0, 0.1) is 0 Å². The number of likely N-dealkylation sites (tertiary alicyclic amines) is 1. The van der Waals surface area contributed by atoms with Gasteiger partial charge in [-0.05, 0) is 62.2 Å². The third-order valence-electron chi connectivity index (χ3n) is 5.40. The molecule has 1 unspecified atom stereocenters. The third kappa shape index (κ3) is 6.13. The van der Waals surface area contributed by atoms with Crippen LogP contribution in [-0.4, -0.2) is 44.6 Å². The highest BCUT2D eigenvalue weighted by molar-refractivity contribution is 7.92. The minimum atomic E-state index is -3.79. The van der Waals surface area contributed by atoms with E-state index in [0.717, 1.165) is 41.3 Å². The summed E-state index contributed by atoms with van der Waals surface area (Å²) in [6.07, 6.45) is 3.47. The summed E-state index contributed by atoms with van der Waals surface area (Å²) in [5.74, 6) is -0.419. The van der Waals surface area contributed by atoms with Crippen LogP contribution in [0.15, 0.2) is 42.5 Å². The van der Waals surface area contributed by atoms with Gasteiger partial charge in [-0.2, -0.15) is 0 Å². The van der Waals surface area contributed by atoms with Gasteiger partial charge in [-0.15, -0.1) is 0 Å². The van der Waals surface area contributed by atoms with Crippen LogP contribution in [0.2, 0.25) is 10.0 Å². The maximum atomic E-state index is 12.9. The molecule has 2 aromatic rings. The van der Waals surface area contributed by atoms with Crippen LogP contribution in [0.4, 0.5) is 5.69 Å². The van der Waals surface area contributed by atoms with Crippen molar-refractivity contribution in [3.05, 3.63) is 63.6 Å². The monoisotopic (exact) mass is 483 g/mol. The summed E-state index contributed by atoms with van der Waals surface area (Å²) < 4.78 is 26.0. The third-order valence-corrected chi connectivity index (χ3v) is 7.18. The van der Waals surface area contributed by atoms with Crippen LogP contribution in [0.5, 0.6) is 0 Å². The second-order valence-electron chi connectivity index (χ2n) is 7.80. The normalized spacial score (nSPS) is 15.6. The summed E-state index contributed by atoms with van der Waals surface area (Å²) in [7, 11) is -3.79. The summed E-state index contributed by atoms with van der Waals surface area (Å²) in [6, 6.07) is 11.5. The van der Waals surface area contributed by atoms with Crippen molar-refractivity contribution in [2.75, 3.05) is 23.7 Å². The number of nitrogens with one attached hydrogen (secondary N) is 1. The maximum absolute atomic E-state index is 12.9. The molecule has 1 fully saturated rings. The molecule has 1 N–H and O–H groups in total. The van der Waals surface area contributed by atoms with Gasteiger partial charge in [0.2, 0.25) is 15.9 Å². The number of sulfonamides is 1. The molecular weight excluding hydrogens is 457 g/mol. The average Bonchev–Trinajstić information content (AvgIpc) is 3.22. The van der Waals surface area contributed by atoms with Crippen LogP contribution in [0.3, 0.4) is 0 Å². The molecule has 6 nitrogen and oxygen atoms in total. The molecule has 9 heteroatoms. The molecule has 1 saturated heterocycles. The van der Waals surface area contributed by atoms with Gasteiger partial charge in [0.05, 0.1) is 17.0 Å². The van der Waals surface area contributed by atoms with Gasteiger partial charge in [0.25, 0.3) is 0 Å². The lowest BCUT2D eigenvalue weighted by Gasteiger charge is -2.29. The minimum Gasteiger partial charge on any atom is -0.350 e. The second kappa shape index (κ2) is 10.2. The molecule has 1 atom stereocenters. The Kier molecular flexibility index (Phi) is 7.86. The number of halogens is 2.